The summed E-state index contributed by atoms with van der Waals surface area (Å²) in [5, 5.41) is 0. The van der Waals surface area contributed by atoms with Crippen LogP contribution in [0.1, 0.15) is 6.92 Å². The molecule has 0 unspecified atom stereocenters. The van der Waals surface area contributed by atoms with Crippen molar-refractivity contribution in [1.29, 1.82) is 0 Å². The van der Waals surface area contributed by atoms with Gasteiger partial charge in [0.25, 0.3) is 0 Å². The highest BCUT2D eigenvalue weighted by molar-refractivity contribution is 7.89. The van der Waals surface area contributed by atoms with Gasteiger partial charge in [0.2, 0.25) is 10.0 Å². The minimum Gasteiger partial charge on any atom is -0.382 e. The molecule has 0 amide bonds. The number of anilines is 1. The van der Waals surface area contributed by atoms with Crippen molar-refractivity contribution in [3.8, 4) is 22.4 Å². The molecule has 3 aromatic rings. The highest BCUT2D eigenvalue weighted by atomic mass is 32.2. The monoisotopic (exact) mass is 414 g/mol. The molecular formula is C20H19FN4O3S. The zero-order chi connectivity index (χ0) is 20.6. The van der Waals surface area contributed by atoms with Gasteiger partial charge in [-0.3, -0.25) is 4.98 Å². The first-order valence-electron chi connectivity index (χ1n) is 8.86. The third kappa shape index (κ3) is 3.84. The molecule has 0 atom stereocenters. The topological polar surface area (TPSA) is 107 Å². The molecule has 0 spiro atoms. The van der Waals surface area contributed by atoms with Crippen LogP contribution in [0.4, 0.5) is 10.2 Å². The predicted octanol–water partition coefficient (Wildman–Crippen LogP) is 2.60. The van der Waals surface area contributed by atoms with Crippen LogP contribution >= 0.6 is 0 Å². The summed E-state index contributed by atoms with van der Waals surface area (Å²) in [7, 11) is -3.83. The van der Waals surface area contributed by atoms with Crippen LogP contribution in [0.2, 0.25) is 0 Å². The van der Waals surface area contributed by atoms with Gasteiger partial charge in [0, 0.05) is 11.1 Å². The second-order valence-corrected chi connectivity index (χ2v) is 8.83. The molecule has 9 heteroatoms. The van der Waals surface area contributed by atoms with Crippen molar-refractivity contribution in [3.05, 3.63) is 60.7 Å². The number of halogens is 1. The Morgan fingerprint density at radius 2 is 1.86 bits per heavy atom. The van der Waals surface area contributed by atoms with Crippen LogP contribution in [-0.2, 0) is 14.8 Å². The zero-order valence-corrected chi connectivity index (χ0v) is 16.4. The number of sulfonamides is 1. The van der Waals surface area contributed by atoms with Crippen LogP contribution < -0.4 is 10.5 Å². The van der Waals surface area contributed by atoms with E-state index in [9.17, 15) is 12.8 Å². The fourth-order valence-electron chi connectivity index (χ4n) is 3.15. The average Bonchev–Trinajstić information content (AvgIpc) is 2.67. The second-order valence-electron chi connectivity index (χ2n) is 7.18. The van der Waals surface area contributed by atoms with E-state index in [4.69, 9.17) is 10.5 Å². The number of aromatic nitrogens is 2. The van der Waals surface area contributed by atoms with E-state index in [1.54, 1.807) is 37.3 Å². The Hall–Kier alpha value is -2.88. The van der Waals surface area contributed by atoms with Crippen molar-refractivity contribution >= 4 is 15.8 Å². The number of ether oxygens (including phenoxy) is 1. The molecule has 1 aromatic heterocycles. The average molecular weight is 414 g/mol. The molecule has 2 heterocycles. The van der Waals surface area contributed by atoms with E-state index in [-0.39, 0.29) is 16.3 Å². The van der Waals surface area contributed by atoms with Gasteiger partial charge in [-0.2, -0.15) is 0 Å². The Labute approximate surface area is 167 Å². The molecule has 0 bridgehead atoms. The molecule has 1 saturated heterocycles. The Morgan fingerprint density at radius 3 is 2.48 bits per heavy atom. The summed E-state index contributed by atoms with van der Waals surface area (Å²) in [5.74, 6) is -0.302. The van der Waals surface area contributed by atoms with Gasteiger partial charge in [-0.1, -0.05) is 24.3 Å². The molecule has 1 aliphatic rings. The van der Waals surface area contributed by atoms with Gasteiger partial charge in [-0.05, 0) is 30.7 Å². The lowest BCUT2D eigenvalue weighted by Crippen LogP contribution is -2.59. The van der Waals surface area contributed by atoms with E-state index < -0.39 is 21.4 Å². The van der Waals surface area contributed by atoms with E-state index in [2.05, 4.69) is 14.7 Å². The maximum atomic E-state index is 14.8. The number of rotatable bonds is 5. The predicted molar refractivity (Wildman–Crippen MR) is 107 cm³/mol. The minimum absolute atomic E-state index is 0.0764. The number of benzene rings is 2. The number of hydrogen-bond donors (Lipinski definition) is 2. The maximum Gasteiger partial charge on any atom is 0.241 e. The summed E-state index contributed by atoms with van der Waals surface area (Å²) < 4.78 is 48.5. The van der Waals surface area contributed by atoms with Gasteiger partial charge in [-0.25, -0.2) is 22.5 Å². The Kier molecular flexibility index (Phi) is 4.81. The first-order chi connectivity index (χ1) is 13.8. The van der Waals surface area contributed by atoms with Crippen LogP contribution in [0.15, 0.2) is 59.8 Å². The fourth-order valence-corrected chi connectivity index (χ4v) is 4.76. The molecule has 4 rings (SSSR count). The smallest absolute Gasteiger partial charge is 0.241 e. The third-order valence-electron chi connectivity index (χ3n) is 4.63. The molecule has 2 aromatic carbocycles. The van der Waals surface area contributed by atoms with Gasteiger partial charge >= 0.3 is 0 Å². The zero-order valence-electron chi connectivity index (χ0n) is 15.6. The van der Waals surface area contributed by atoms with Crippen molar-refractivity contribution in [2.24, 2.45) is 0 Å². The second kappa shape index (κ2) is 7.18. The Bertz CT molecular complexity index is 1160. The van der Waals surface area contributed by atoms with Crippen LogP contribution in [0.5, 0.6) is 0 Å². The molecular weight excluding hydrogens is 395 g/mol. The quantitative estimate of drug-likeness (QED) is 0.665. The van der Waals surface area contributed by atoms with Crippen molar-refractivity contribution in [2.75, 3.05) is 18.9 Å². The van der Waals surface area contributed by atoms with Gasteiger partial charge in [0.15, 0.2) is 0 Å². The van der Waals surface area contributed by atoms with Crippen molar-refractivity contribution in [2.45, 2.75) is 17.4 Å². The summed E-state index contributed by atoms with van der Waals surface area (Å²) in [5.41, 5.74) is 6.30. The summed E-state index contributed by atoms with van der Waals surface area (Å²) >= 11 is 0. The molecule has 1 aliphatic heterocycles. The molecule has 0 aliphatic carbocycles. The normalized spacial score (nSPS) is 15.7. The van der Waals surface area contributed by atoms with Crippen LogP contribution in [0, 0.1) is 5.82 Å². The number of nitrogens with one attached hydrogen (secondary N) is 1. The van der Waals surface area contributed by atoms with Crippen LogP contribution in [0.25, 0.3) is 22.4 Å². The van der Waals surface area contributed by atoms with Crippen molar-refractivity contribution < 1.29 is 17.5 Å². The van der Waals surface area contributed by atoms with E-state index in [1.165, 1.54) is 24.5 Å². The third-order valence-corrected chi connectivity index (χ3v) is 6.32. The molecule has 7 nitrogen and oxygen atoms in total. The van der Waals surface area contributed by atoms with E-state index in [0.29, 0.717) is 30.0 Å². The summed E-state index contributed by atoms with van der Waals surface area (Å²) in [6.07, 6.45) is 2.73. The lowest BCUT2D eigenvalue weighted by molar-refractivity contribution is -0.0523. The number of nitrogens with zero attached hydrogens (tertiary/aromatic N) is 2. The highest BCUT2D eigenvalue weighted by Crippen LogP contribution is 2.32. The van der Waals surface area contributed by atoms with E-state index >= 15 is 0 Å². The summed E-state index contributed by atoms with van der Waals surface area (Å²) in [6.45, 7) is 2.39. The minimum atomic E-state index is -3.83. The lowest BCUT2D eigenvalue weighted by Gasteiger charge is -2.38. The Morgan fingerprint density at radius 1 is 1.10 bits per heavy atom. The van der Waals surface area contributed by atoms with Crippen molar-refractivity contribution in [1.82, 2.24) is 14.7 Å². The largest absolute Gasteiger partial charge is 0.382 e. The van der Waals surface area contributed by atoms with Gasteiger partial charge in [0.1, 0.15) is 11.6 Å². The molecule has 29 heavy (non-hydrogen) atoms. The standard InChI is InChI=1S/C20H19FN4O3S/c1-20(11-28-12-20)25-29(26,27)18-5-3-2-4-14(18)13-6-7-15(16(21)8-13)17-9-24-19(22)10-23-17/h2-10,25H,11-12H2,1H3,(H2,22,24). The Balaban J connectivity index is 1.72. The molecule has 3 N–H and O–H groups in total. The van der Waals surface area contributed by atoms with E-state index in [0.717, 1.165) is 0 Å². The van der Waals surface area contributed by atoms with Crippen LogP contribution in [0.3, 0.4) is 0 Å². The van der Waals surface area contributed by atoms with Gasteiger partial charge in [-0.15, -0.1) is 0 Å². The number of nitrogen functional groups attached to an aromatic ring is 1. The van der Waals surface area contributed by atoms with Gasteiger partial charge in [0.05, 0.1) is 41.7 Å². The van der Waals surface area contributed by atoms with E-state index in [1.807, 2.05) is 0 Å². The van der Waals surface area contributed by atoms with Crippen LogP contribution in [-0.4, -0.2) is 37.1 Å². The highest BCUT2D eigenvalue weighted by Gasteiger charge is 2.38. The van der Waals surface area contributed by atoms with Crippen molar-refractivity contribution in [3.63, 3.8) is 0 Å². The molecule has 1 fully saturated rings. The first kappa shape index (κ1) is 19.4. The molecule has 150 valence electrons. The molecule has 0 radical (unpaired) electrons. The number of nitrogens with two attached hydrogens (primary N) is 1. The fraction of sp³-hybridized carbons (Fsp3) is 0.200. The maximum absolute atomic E-state index is 14.8. The first-order valence-corrected chi connectivity index (χ1v) is 10.3. The molecule has 0 saturated carbocycles. The SMILES string of the molecule is CC1(NS(=O)(=O)c2ccccc2-c2ccc(-c3cnc(N)cn3)c(F)c2)COC1. The lowest BCUT2D eigenvalue weighted by atomic mass is 10.0. The van der Waals surface area contributed by atoms with Gasteiger partial charge < -0.3 is 10.5 Å². The summed E-state index contributed by atoms with van der Waals surface area (Å²) in [4.78, 5) is 8.08. The number of hydrogen-bond acceptors (Lipinski definition) is 6. The summed E-state index contributed by atoms with van der Waals surface area (Å²) in [6, 6.07) is 11.0.